The summed E-state index contributed by atoms with van der Waals surface area (Å²) in [5.41, 5.74) is 2.10. The molecule has 1 unspecified atom stereocenters. The molecule has 1 atom stereocenters. The molecule has 1 aromatic carbocycles. The minimum absolute atomic E-state index is 0.183. The van der Waals surface area contributed by atoms with Crippen LogP contribution >= 0.6 is 11.6 Å². The molecule has 1 heterocycles. The fourth-order valence-electron chi connectivity index (χ4n) is 1.79. The van der Waals surface area contributed by atoms with Crippen molar-refractivity contribution >= 4 is 11.6 Å². The number of hydrogen-bond donors (Lipinski definition) is 1. The quantitative estimate of drug-likeness (QED) is 0.906. The van der Waals surface area contributed by atoms with Crippen molar-refractivity contribution in [2.24, 2.45) is 0 Å². The van der Waals surface area contributed by atoms with Crippen LogP contribution in [0.3, 0.4) is 0 Å². The molecule has 19 heavy (non-hydrogen) atoms. The van der Waals surface area contributed by atoms with Gasteiger partial charge in [0.1, 0.15) is 12.4 Å². The van der Waals surface area contributed by atoms with Gasteiger partial charge in [0.15, 0.2) is 0 Å². The Hall–Kier alpha value is -1.58. The van der Waals surface area contributed by atoms with Crippen LogP contribution in [0.2, 0.25) is 5.02 Å². The van der Waals surface area contributed by atoms with E-state index in [-0.39, 0.29) is 6.04 Å². The second kappa shape index (κ2) is 6.55. The maximum atomic E-state index is 6.04. The molecule has 0 amide bonds. The maximum absolute atomic E-state index is 6.04. The Morgan fingerprint density at radius 3 is 2.89 bits per heavy atom. The number of hydrogen-bond acceptors (Lipinski definition) is 3. The number of aromatic nitrogens is 1. The van der Waals surface area contributed by atoms with Crippen LogP contribution in [0.5, 0.6) is 5.75 Å². The summed E-state index contributed by atoms with van der Waals surface area (Å²) in [5, 5.41) is 3.91. The third-order valence-electron chi connectivity index (χ3n) is 2.99. The molecule has 100 valence electrons. The average molecular weight is 277 g/mol. The summed E-state index contributed by atoms with van der Waals surface area (Å²) in [7, 11) is 1.91. The lowest BCUT2D eigenvalue weighted by molar-refractivity contribution is 0.300. The molecule has 1 N–H and O–H groups in total. The van der Waals surface area contributed by atoms with Gasteiger partial charge in [-0.15, -0.1) is 0 Å². The zero-order valence-electron chi connectivity index (χ0n) is 11.1. The highest BCUT2D eigenvalue weighted by atomic mass is 35.5. The molecule has 0 aliphatic rings. The van der Waals surface area contributed by atoms with Crippen LogP contribution in [0.1, 0.15) is 24.1 Å². The number of rotatable bonds is 5. The molecule has 0 fully saturated rings. The summed E-state index contributed by atoms with van der Waals surface area (Å²) < 4.78 is 5.86. The average Bonchev–Trinajstić information content (AvgIpc) is 2.46. The van der Waals surface area contributed by atoms with Gasteiger partial charge in [-0.3, -0.25) is 4.98 Å². The van der Waals surface area contributed by atoms with Crippen LogP contribution in [0, 0.1) is 0 Å². The number of halogens is 1. The molecule has 3 nitrogen and oxygen atoms in total. The van der Waals surface area contributed by atoms with Crippen molar-refractivity contribution in [3.8, 4) is 5.75 Å². The predicted molar refractivity (Wildman–Crippen MR) is 77.5 cm³/mol. The number of nitrogens with one attached hydrogen (secondary N) is 1. The fourth-order valence-corrected chi connectivity index (χ4v) is 1.97. The molecule has 0 aliphatic heterocycles. The maximum Gasteiger partial charge on any atom is 0.124 e. The molecule has 1 aromatic heterocycles. The smallest absolute Gasteiger partial charge is 0.124 e. The Balaban J connectivity index is 2.15. The summed E-state index contributed by atoms with van der Waals surface area (Å²) in [4.78, 5) is 4.07. The van der Waals surface area contributed by atoms with E-state index in [0.717, 1.165) is 16.9 Å². The summed E-state index contributed by atoms with van der Waals surface area (Å²) in [6.07, 6.45) is 3.55. The topological polar surface area (TPSA) is 34.1 Å². The van der Waals surface area contributed by atoms with E-state index in [2.05, 4.69) is 17.2 Å². The van der Waals surface area contributed by atoms with Crippen LogP contribution in [0.15, 0.2) is 42.7 Å². The first kappa shape index (κ1) is 13.8. The molecule has 2 rings (SSSR count). The molecule has 0 radical (unpaired) electrons. The van der Waals surface area contributed by atoms with Gasteiger partial charge in [-0.2, -0.15) is 0 Å². The number of nitrogens with zero attached hydrogens (tertiary/aromatic N) is 1. The normalized spacial score (nSPS) is 12.2. The third-order valence-corrected chi connectivity index (χ3v) is 3.22. The van der Waals surface area contributed by atoms with E-state index in [1.165, 1.54) is 0 Å². The standard InChI is InChI=1S/C15H17ClN2O/c1-11(17-2)14-8-13(16)5-6-15(14)19-10-12-4-3-7-18-9-12/h3-9,11,17H,10H2,1-2H3. The number of benzene rings is 1. The van der Waals surface area contributed by atoms with Crippen molar-refractivity contribution < 1.29 is 4.74 Å². The van der Waals surface area contributed by atoms with Gasteiger partial charge in [0.2, 0.25) is 0 Å². The van der Waals surface area contributed by atoms with E-state index in [1.54, 1.807) is 12.4 Å². The largest absolute Gasteiger partial charge is 0.489 e. The van der Waals surface area contributed by atoms with Crippen LogP contribution in [0.4, 0.5) is 0 Å². The van der Waals surface area contributed by atoms with E-state index in [9.17, 15) is 0 Å². The summed E-state index contributed by atoms with van der Waals surface area (Å²) >= 11 is 6.04. The van der Waals surface area contributed by atoms with Crippen LogP contribution in [0.25, 0.3) is 0 Å². The van der Waals surface area contributed by atoms with Gasteiger partial charge < -0.3 is 10.1 Å². The molecule has 0 spiro atoms. The minimum atomic E-state index is 0.183. The van der Waals surface area contributed by atoms with Crippen molar-refractivity contribution in [2.75, 3.05) is 7.05 Å². The lowest BCUT2D eigenvalue weighted by Gasteiger charge is -2.17. The van der Waals surface area contributed by atoms with E-state index in [0.29, 0.717) is 11.6 Å². The molecule has 0 bridgehead atoms. The van der Waals surface area contributed by atoms with Crippen LogP contribution in [-0.4, -0.2) is 12.0 Å². The van der Waals surface area contributed by atoms with Gasteiger partial charge in [0.25, 0.3) is 0 Å². The highest BCUT2D eigenvalue weighted by molar-refractivity contribution is 6.30. The van der Waals surface area contributed by atoms with Gasteiger partial charge in [-0.25, -0.2) is 0 Å². The molecular formula is C15H17ClN2O. The summed E-state index contributed by atoms with van der Waals surface area (Å²) in [6, 6.07) is 9.75. The minimum Gasteiger partial charge on any atom is -0.489 e. The highest BCUT2D eigenvalue weighted by Gasteiger charge is 2.11. The van der Waals surface area contributed by atoms with E-state index >= 15 is 0 Å². The van der Waals surface area contributed by atoms with Gasteiger partial charge in [0.05, 0.1) is 0 Å². The Morgan fingerprint density at radius 1 is 1.37 bits per heavy atom. The Morgan fingerprint density at radius 2 is 2.21 bits per heavy atom. The summed E-state index contributed by atoms with van der Waals surface area (Å²) in [5.74, 6) is 0.843. The molecule has 0 aliphatic carbocycles. The van der Waals surface area contributed by atoms with Crippen molar-refractivity contribution in [2.45, 2.75) is 19.6 Å². The van der Waals surface area contributed by atoms with Crippen LogP contribution < -0.4 is 10.1 Å². The van der Waals surface area contributed by atoms with Gasteiger partial charge in [-0.1, -0.05) is 17.7 Å². The highest BCUT2D eigenvalue weighted by Crippen LogP contribution is 2.28. The zero-order valence-corrected chi connectivity index (χ0v) is 11.8. The fraction of sp³-hybridized carbons (Fsp3) is 0.267. The van der Waals surface area contributed by atoms with E-state index < -0.39 is 0 Å². The van der Waals surface area contributed by atoms with Gasteiger partial charge in [0, 0.05) is 34.6 Å². The summed E-state index contributed by atoms with van der Waals surface area (Å²) in [6.45, 7) is 2.57. The Bertz CT molecular complexity index is 531. The van der Waals surface area contributed by atoms with Crippen LogP contribution in [-0.2, 0) is 6.61 Å². The predicted octanol–water partition coefficient (Wildman–Crippen LogP) is 3.59. The second-order valence-corrected chi connectivity index (χ2v) is 4.78. The van der Waals surface area contributed by atoms with E-state index in [4.69, 9.17) is 16.3 Å². The van der Waals surface area contributed by atoms with Crippen molar-refractivity contribution in [3.05, 3.63) is 58.9 Å². The molecule has 4 heteroatoms. The van der Waals surface area contributed by atoms with Crippen molar-refractivity contribution in [1.82, 2.24) is 10.3 Å². The lowest BCUT2D eigenvalue weighted by atomic mass is 10.1. The molecular weight excluding hydrogens is 260 g/mol. The number of pyridine rings is 1. The third kappa shape index (κ3) is 3.69. The lowest BCUT2D eigenvalue weighted by Crippen LogP contribution is -2.13. The Labute approximate surface area is 118 Å². The van der Waals surface area contributed by atoms with Gasteiger partial charge in [-0.05, 0) is 38.2 Å². The van der Waals surface area contributed by atoms with Gasteiger partial charge >= 0.3 is 0 Å². The Kier molecular flexibility index (Phi) is 4.77. The first-order valence-electron chi connectivity index (χ1n) is 6.19. The SMILES string of the molecule is CNC(C)c1cc(Cl)ccc1OCc1cccnc1. The molecule has 0 saturated carbocycles. The molecule has 2 aromatic rings. The first-order chi connectivity index (χ1) is 9.20. The number of ether oxygens (including phenoxy) is 1. The monoisotopic (exact) mass is 276 g/mol. The van der Waals surface area contributed by atoms with E-state index in [1.807, 2.05) is 37.4 Å². The zero-order chi connectivity index (χ0) is 13.7. The second-order valence-electron chi connectivity index (χ2n) is 4.34. The van der Waals surface area contributed by atoms with Crippen molar-refractivity contribution in [1.29, 1.82) is 0 Å². The van der Waals surface area contributed by atoms with Crippen molar-refractivity contribution in [3.63, 3.8) is 0 Å². The first-order valence-corrected chi connectivity index (χ1v) is 6.57. The molecule has 0 saturated heterocycles.